The van der Waals surface area contributed by atoms with Crippen molar-refractivity contribution >= 4 is 17.1 Å². The molecule has 2 N–H and O–H groups in total. The van der Waals surface area contributed by atoms with Crippen LogP contribution < -0.4 is 10.6 Å². The van der Waals surface area contributed by atoms with Gasteiger partial charge in [0.05, 0.1) is 5.69 Å². The Morgan fingerprint density at radius 3 is 2.37 bits per heavy atom. The average molecular weight is 262 g/mol. The molecule has 0 aliphatic carbocycles. The molecule has 0 unspecified atom stereocenters. The molecule has 100 valence electrons. The van der Waals surface area contributed by atoms with Gasteiger partial charge in [-0.15, -0.1) is 0 Å². The van der Waals surface area contributed by atoms with E-state index in [0.29, 0.717) is 0 Å². The van der Waals surface area contributed by atoms with Crippen LogP contribution in [0.2, 0.25) is 0 Å². The fraction of sp³-hybridized carbons (Fsp3) is 0.200. The summed E-state index contributed by atoms with van der Waals surface area (Å²) in [6, 6.07) is 8.18. The smallest absolute Gasteiger partial charge is 0.184 e. The minimum Gasteiger partial charge on any atom is -0.397 e. The molecule has 0 aromatic heterocycles. The molecule has 0 spiro atoms. The molecule has 2 aromatic carbocycles. The molecule has 0 aliphatic heterocycles. The Kier molecular flexibility index (Phi) is 3.42. The van der Waals surface area contributed by atoms with Crippen LogP contribution in [-0.2, 0) is 0 Å². The number of halogens is 2. The maximum atomic E-state index is 13.9. The molecule has 19 heavy (non-hydrogen) atoms. The highest BCUT2D eigenvalue weighted by Gasteiger charge is 2.18. The van der Waals surface area contributed by atoms with Crippen molar-refractivity contribution < 1.29 is 8.78 Å². The minimum absolute atomic E-state index is 0.0620. The Labute approximate surface area is 111 Å². The Balaban J connectivity index is 2.56. The van der Waals surface area contributed by atoms with Crippen molar-refractivity contribution in [3.05, 3.63) is 53.1 Å². The molecule has 0 heterocycles. The molecule has 2 nitrogen and oxygen atoms in total. The van der Waals surface area contributed by atoms with E-state index in [4.69, 9.17) is 5.73 Å². The van der Waals surface area contributed by atoms with Crippen molar-refractivity contribution in [2.24, 2.45) is 0 Å². The van der Waals surface area contributed by atoms with Crippen LogP contribution in [0, 0.1) is 25.5 Å². The van der Waals surface area contributed by atoms with Gasteiger partial charge in [-0.3, -0.25) is 0 Å². The predicted octanol–water partition coefficient (Wildman–Crippen LogP) is 3.93. The van der Waals surface area contributed by atoms with E-state index in [-0.39, 0.29) is 11.4 Å². The molecule has 0 bridgehead atoms. The third kappa shape index (κ3) is 2.38. The normalized spacial score (nSPS) is 10.6. The van der Waals surface area contributed by atoms with E-state index in [0.717, 1.165) is 22.9 Å². The molecule has 0 saturated heterocycles. The molecule has 4 heteroatoms. The average Bonchev–Trinajstić information content (AvgIpc) is 2.34. The van der Waals surface area contributed by atoms with Gasteiger partial charge in [0, 0.05) is 12.7 Å². The topological polar surface area (TPSA) is 29.3 Å². The van der Waals surface area contributed by atoms with Gasteiger partial charge in [-0.2, -0.15) is 0 Å². The summed E-state index contributed by atoms with van der Waals surface area (Å²) in [5.74, 6) is -1.83. The molecule has 0 radical (unpaired) electrons. The minimum atomic E-state index is -0.928. The van der Waals surface area contributed by atoms with Gasteiger partial charge in [0.1, 0.15) is 5.69 Å². The summed E-state index contributed by atoms with van der Waals surface area (Å²) < 4.78 is 27.3. The SMILES string of the molecule is Cc1ccc(N(C)c2c(N)ccc(F)c2F)c(C)c1. The van der Waals surface area contributed by atoms with Gasteiger partial charge >= 0.3 is 0 Å². The van der Waals surface area contributed by atoms with Crippen LogP contribution in [0.3, 0.4) is 0 Å². The van der Waals surface area contributed by atoms with E-state index >= 15 is 0 Å². The predicted molar refractivity (Wildman–Crippen MR) is 74.7 cm³/mol. The van der Waals surface area contributed by atoms with Crippen LogP contribution in [0.5, 0.6) is 0 Å². The van der Waals surface area contributed by atoms with Gasteiger partial charge in [-0.25, -0.2) is 8.78 Å². The summed E-state index contributed by atoms with van der Waals surface area (Å²) >= 11 is 0. The number of anilines is 3. The molecule has 2 rings (SSSR count). The second-order valence-corrected chi connectivity index (χ2v) is 4.65. The monoisotopic (exact) mass is 262 g/mol. The summed E-state index contributed by atoms with van der Waals surface area (Å²) in [5, 5.41) is 0. The fourth-order valence-corrected chi connectivity index (χ4v) is 2.20. The number of rotatable bonds is 2. The lowest BCUT2D eigenvalue weighted by Crippen LogP contribution is -2.15. The lowest BCUT2D eigenvalue weighted by molar-refractivity contribution is 0.510. The quantitative estimate of drug-likeness (QED) is 0.831. The Morgan fingerprint density at radius 1 is 1.05 bits per heavy atom. The summed E-state index contributed by atoms with van der Waals surface area (Å²) in [6.07, 6.45) is 0. The molecule has 0 saturated carbocycles. The Hall–Kier alpha value is -2.10. The fourth-order valence-electron chi connectivity index (χ4n) is 2.20. The van der Waals surface area contributed by atoms with Crippen molar-refractivity contribution in [1.29, 1.82) is 0 Å². The van der Waals surface area contributed by atoms with Crippen LogP contribution in [0.25, 0.3) is 0 Å². The van der Waals surface area contributed by atoms with E-state index < -0.39 is 11.6 Å². The summed E-state index contributed by atoms with van der Waals surface area (Å²) in [6.45, 7) is 3.90. The second kappa shape index (κ2) is 4.88. The number of nitrogen functional groups attached to an aromatic ring is 1. The molecular weight excluding hydrogens is 246 g/mol. The summed E-state index contributed by atoms with van der Waals surface area (Å²) in [5.41, 5.74) is 8.92. The summed E-state index contributed by atoms with van der Waals surface area (Å²) in [7, 11) is 1.67. The number of hydrogen-bond donors (Lipinski definition) is 1. The molecular formula is C15H16F2N2. The zero-order valence-electron chi connectivity index (χ0n) is 11.2. The third-order valence-electron chi connectivity index (χ3n) is 3.15. The number of benzene rings is 2. The first-order valence-corrected chi connectivity index (χ1v) is 5.96. The van der Waals surface area contributed by atoms with Gasteiger partial charge in [0.25, 0.3) is 0 Å². The summed E-state index contributed by atoms with van der Waals surface area (Å²) in [4.78, 5) is 1.57. The second-order valence-electron chi connectivity index (χ2n) is 4.65. The number of nitrogens with zero attached hydrogens (tertiary/aromatic N) is 1. The highest BCUT2D eigenvalue weighted by molar-refractivity contribution is 5.76. The molecule has 2 aromatic rings. The first-order chi connectivity index (χ1) is 8.91. The van der Waals surface area contributed by atoms with Gasteiger partial charge in [-0.1, -0.05) is 17.7 Å². The van der Waals surface area contributed by atoms with Gasteiger partial charge in [0.2, 0.25) is 0 Å². The lowest BCUT2D eigenvalue weighted by atomic mass is 10.1. The Bertz CT molecular complexity index is 624. The highest BCUT2D eigenvalue weighted by atomic mass is 19.2. The molecule has 0 fully saturated rings. The zero-order valence-corrected chi connectivity index (χ0v) is 11.2. The van der Waals surface area contributed by atoms with E-state index in [1.165, 1.54) is 6.07 Å². The first kappa shape index (κ1) is 13.3. The molecule has 0 atom stereocenters. The van der Waals surface area contributed by atoms with Crippen LogP contribution in [-0.4, -0.2) is 7.05 Å². The number of hydrogen-bond acceptors (Lipinski definition) is 2. The van der Waals surface area contributed by atoms with Crippen LogP contribution >= 0.6 is 0 Å². The van der Waals surface area contributed by atoms with Crippen molar-refractivity contribution in [1.82, 2.24) is 0 Å². The van der Waals surface area contributed by atoms with Crippen LogP contribution in [0.4, 0.5) is 25.8 Å². The van der Waals surface area contributed by atoms with Crippen molar-refractivity contribution in [3.8, 4) is 0 Å². The maximum Gasteiger partial charge on any atom is 0.184 e. The zero-order chi connectivity index (χ0) is 14.2. The van der Waals surface area contributed by atoms with E-state index in [2.05, 4.69) is 0 Å². The van der Waals surface area contributed by atoms with E-state index in [9.17, 15) is 8.78 Å². The third-order valence-corrected chi connectivity index (χ3v) is 3.15. The Morgan fingerprint density at radius 2 is 1.74 bits per heavy atom. The standard InChI is InChI=1S/C15H16F2N2/c1-9-4-7-13(10(2)8-9)19(3)15-12(18)6-5-11(16)14(15)17/h4-8H,18H2,1-3H3. The van der Waals surface area contributed by atoms with Gasteiger partial charge < -0.3 is 10.6 Å². The van der Waals surface area contributed by atoms with Gasteiger partial charge in [-0.05, 0) is 37.6 Å². The number of nitrogens with two attached hydrogens (primary N) is 1. The molecule has 0 aliphatic rings. The highest BCUT2D eigenvalue weighted by Crippen LogP contribution is 2.34. The number of aryl methyl sites for hydroxylation is 2. The largest absolute Gasteiger partial charge is 0.397 e. The van der Waals surface area contributed by atoms with E-state index in [1.807, 2.05) is 32.0 Å². The van der Waals surface area contributed by atoms with Gasteiger partial charge in [0.15, 0.2) is 11.6 Å². The maximum absolute atomic E-state index is 13.9. The van der Waals surface area contributed by atoms with E-state index in [1.54, 1.807) is 11.9 Å². The molecule has 0 amide bonds. The van der Waals surface area contributed by atoms with Crippen LogP contribution in [0.1, 0.15) is 11.1 Å². The lowest BCUT2D eigenvalue weighted by Gasteiger charge is -2.24. The van der Waals surface area contributed by atoms with Crippen molar-refractivity contribution in [3.63, 3.8) is 0 Å². The van der Waals surface area contributed by atoms with Crippen molar-refractivity contribution in [2.75, 3.05) is 17.7 Å². The van der Waals surface area contributed by atoms with Crippen LogP contribution in [0.15, 0.2) is 30.3 Å². The van der Waals surface area contributed by atoms with Crippen molar-refractivity contribution in [2.45, 2.75) is 13.8 Å². The first-order valence-electron chi connectivity index (χ1n) is 5.96.